The van der Waals surface area contributed by atoms with Crippen LogP contribution in [0.25, 0.3) is 11.0 Å². The van der Waals surface area contributed by atoms with E-state index in [1.165, 1.54) is 12.3 Å². The van der Waals surface area contributed by atoms with Gasteiger partial charge >= 0.3 is 0 Å². The molecule has 1 saturated heterocycles. The first kappa shape index (κ1) is 13.2. The molecule has 0 saturated carbocycles. The molecule has 2 heterocycles. The minimum atomic E-state index is -0.376. The van der Waals surface area contributed by atoms with E-state index in [4.69, 9.17) is 27.6 Å². The average Bonchev–Trinajstić information content (AvgIpc) is 2.74. The van der Waals surface area contributed by atoms with Crippen LogP contribution in [0.3, 0.4) is 0 Å². The molecular weight excluding hydrogens is 288 g/mol. The molecule has 0 radical (unpaired) electrons. The van der Waals surface area contributed by atoms with Gasteiger partial charge < -0.3 is 9.73 Å². The van der Waals surface area contributed by atoms with Crippen LogP contribution in [0.15, 0.2) is 16.7 Å². The quantitative estimate of drug-likeness (QED) is 0.833. The summed E-state index contributed by atoms with van der Waals surface area (Å²) >= 11 is 12.1. The zero-order valence-electron chi connectivity index (χ0n) is 10.5. The summed E-state index contributed by atoms with van der Waals surface area (Å²) in [6.07, 6.45) is 2.31. The molecule has 1 aliphatic rings. The molecular formula is C14H14Cl2FNO. The molecule has 0 unspecified atom stereocenters. The molecule has 2 atom stereocenters. The van der Waals surface area contributed by atoms with Crippen molar-refractivity contribution in [3.63, 3.8) is 0 Å². The van der Waals surface area contributed by atoms with Crippen molar-refractivity contribution in [3.05, 3.63) is 33.8 Å². The molecule has 1 aromatic heterocycles. The van der Waals surface area contributed by atoms with E-state index < -0.39 is 0 Å². The van der Waals surface area contributed by atoms with Crippen LogP contribution in [0.1, 0.15) is 24.8 Å². The molecule has 2 aromatic rings. The summed E-state index contributed by atoms with van der Waals surface area (Å²) in [5.74, 6) is 0.0531. The maximum absolute atomic E-state index is 14.4. The monoisotopic (exact) mass is 301 g/mol. The number of rotatable bonds is 1. The first-order chi connectivity index (χ1) is 9.09. The molecule has 1 aromatic carbocycles. The average molecular weight is 302 g/mol. The van der Waals surface area contributed by atoms with Crippen molar-refractivity contribution in [3.8, 4) is 0 Å². The van der Waals surface area contributed by atoms with Crippen LogP contribution in [-0.2, 0) is 0 Å². The van der Waals surface area contributed by atoms with Crippen LogP contribution in [0.2, 0.25) is 10.0 Å². The van der Waals surface area contributed by atoms with Gasteiger partial charge in [0.1, 0.15) is 17.7 Å². The van der Waals surface area contributed by atoms with Crippen molar-refractivity contribution in [2.75, 3.05) is 13.1 Å². The number of furan rings is 1. The summed E-state index contributed by atoms with van der Waals surface area (Å²) in [6.45, 7) is 3.84. The van der Waals surface area contributed by atoms with Gasteiger partial charge in [0.2, 0.25) is 0 Å². The summed E-state index contributed by atoms with van der Waals surface area (Å²) in [4.78, 5) is 0. The smallest absolute Gasteiger partial charge is 0.149 e. The Kier molecular flexibility index (Phi) is 3.46. The Morgan fingerprint density at radius 2 is 2.16 bits per heavy atom. The molecule has 3 rings (SSSR count). The van der Waals surface area contributed by atoms with E-state index in [0.29, 0.717) is 27.5 Å². The summed E-state index contributed by atoms with van der Waals surface area (Å²) in [7, 11) is 0. The Hall–Kier alpha value is -0.770. The van der Waals surface area contributed by atoms with Gasteiger partial charge in [-0.1, -0.05) is 30.1 Å². The van der Waals surface area contributed by atoms with E-state index >= 15 is 0 Å². The fraction of sp³-hybridized carbons (Fsp3) is 0.429. The van der Waals surface area contributed by atoms with E-state index in [1.807, 2.05) is 0 Å². The molecule has 19 heavy (non-hydrogen) atoms. The van der Waals surface area contributed by atoms with Gasteiger partial charge in [-0.15, -0.1) is 0 Å². The highest BCUT2D eigenvalue weighted by molar-refractivity contribution is 6.37. The van der Waals surface area contributed by atoms with Crippen molar-refractivity contribution in [2.45, 2.75) is 19.3 Å². The lowest BCUT2D eigenvalue weighted by atomic mass is 9.81. The maximum Gasteiger partial charge on any atom is 0.149 e. The van der Waals surface area contributed by atoms with E-state index in [9.17, 15) is 4.39 Å². The van der Waals surface area contributed by atoms with Crippen LogP contribution in [0.4, 0.5) is 4.39 Å². The summed E-state index contributed by atoms with van der Waals surface area (Å²) in [5, 5.41) is 4.58. The summed E-state index contributed by atoms with van der Waals surface area (Å²) < 4.78 is 19.9. The zero-order valence-corrected chi connectivity index (χ0v) is 12.0. The zero-order chi connectivity index (χ0) is 13.6. The molecule has 2 nitrogen and oxygen atoms in total. The van der Waals surface area contributed by atoms with E-state index in [-0.39, 0.29) is 16.8 Å². The second kappa shape index (κ2) is 4.97. The molecule has 102 valence electrons. The Morgan fingerprint density at radius 1 is 1.37 bits per heavy atom. The third-order valence-corrected chi connectivity index (χ3v) is 4.47. The number of nitrogens with one attached hydrogen (secondary N) is 1. The van der Waals surface area contributed by atoms with Crippen LogP contribution in [-0.4, -0.2) is 13.1 Å². The Labute approximate surface area is 120 Å². The van der Waals surface area contributed by atoms with Gasteiger partial charge in [-0.3, -0.25) is 0 Å². The Balaban J connectivity index is 2.23. The van der Waals surface area contributed by atoms with Crippen LogP contribution < -0.4 is 5.32 Å². The van der Waals surface area contributed by atoms with Crippen molar-refractivity contribution in [2.24, 2.45) is 5.92 Å². The first-order valence-corrected chi connectivity index (χ1v) is 7.10. The van der Waals surface area contributed by atoms with Crippen molar-refractivity contribution in [1.82, 2.24) is 5.32 Å². The number of piperidine rings is 1. The second-order valence-corrected chi connectivity index (χ2v) is 5.94. The Bertz CT molecular complexity index is 625. The molecule has 0 aliphatic carbocycles. The van der Waals surface area contributed by atoms with Crippen molar-refractivity contribution in [1.29, 1.82) is 0 Å². The van der Waals surface area contributed by atoms with Gasteiger partial charge in [-0.05, 0) is 37.4 Å². The van der Waals surface area contributed by atoms with Gasteiger partial charge in [0.25, 0.3) is 0 Å². The fourth-order valence-electron chi connectivity index (χ4n) is 2.88. The minimum absolute atomic E-state index is 0.102. The Morgan fingerprint density at radius 3 is 2.89 bits per heavy atom. The standard InChI is InChI=1S/C14H14Cl2FNO/c1-7-5-18-3-2-8(7)12-13(17)10(15)4-9-11(16)6-19-14(9)12/h4,6-8,18H,2-3,5H2,1H3/t7-,8+/m0/s1. The number of fused-ring (bicyclic) bond motifs is 1. The van der Waals surface area contributed by atoms with E-state index in [1.54, 1.807) is 0 Å². The van der Waals surface area contributed by atoms with Gasteiger partial charge in [-0.25, -0.2) is 4.39 Å². The summed E-state index contributed by atoms with van der Waals surface area (Å²) in [6, 6.07) is 1.54. The molecule has 0 spiro atoms. The highest BCUT2D eigenvalue weighted by Gasteiger charge is 2.30. The third-order valence-electron chi connectivity index (χ3n) is 3.90. The maximum atomic E-state index is 14.4. The van der Waals surface area contributed by atoms with Gasteiger partial charge in [0, 0.05) is 10.9 Å². The van der Waals surface area contributed by atoms with Gasteiger partial charge in [-0.2, -0.15) is 0 Å². The van der Waals surface area contributed by atoms with E-state index in [0.717, 1.165) is 19.5 Å². The normalized spacial score (nSPS) is 24.0. The SMILES string of the molecule is C[C@H]1CNCC[C@H]1c1c(F)c(Cl)cc2c(Cl)coc12. The predicted octanol–water partition coefficient (Wildman–Crippen LogP) is 4.59. The third kappa shape index (κ3) is 2.14. The number of benzene rings is 1. The van der Waals surface area contributed by atoms with Crippen molar-refractivity contribution >= 4 is 34.2 Å². The molecule has 1 N–H and O–H groups in total. The largest absolute Gasteiger partial charge is 0.462 e. The lowest BCUT2D eigenvalue weighted by Crippen LogP contribution is -2.34. The molecule has 0 amide bonds. The number of hydrogen-bond donors (Lipinski definition) is 1. The minimum Gasteiger partial charge on any atom is -0.462 e. The topological polar surface area (TPSA) is 25.2 Å². The summed E-state index contributed by atoms with van der Waals surface area (Å²) in [5.41, 5.74) is 1.11. The van der Waals surface area contributed by atoms with Crippen LogP contribution in [0.5, 0.6) is 0 Å². The predicted molar refractivity (Wildman–Crippen MR) is 75.6 cm³/mol. The lowest BCUT2D eigenvalue weighted by Gasteiger charge is -2.30. The molecule has 5 heteroatoms. The van der Waals surface area contributed by atoms with Crippen molar-refractivity contribution < 1.29 is 8.81 Å². The van der Waals surface area contributed by atoms with Crippen LogP contribution >= 0.6 is 23.2 Å². The lowest BCUT2D eigenvalue weighted by molar-refractivity contribution is 0.341. The molecule has 1 aliphatic heterocycles. The van der Waals surface area contributed by atoms with Crippen LogP contribution in [0, 0.1) is 11.7 Å². The first-order valence-electron chi connectivity index (χ1n) is 6.35. The number of halogens is 3. The molecule has 1 fully saturated rings. The second-order valence-electron chi connectivity index (χ2n) is 5.12. The number of hydrogen-bond acceptors (Lipinski definition) is 2. The van der Waals surface area contributed by atoms with Gasteiger partial charge in [0.05, 0.1) is 10.0 Å². The van der Waals surface area contributed by atoms with Gasteiger partial charge in [0.15, 0.2) is 0 Å². The highest BCUT2D eigenvalue weighted by atomic mass is 35.5. The fourth-order valence-corrected chi connectivity index (χ4v) is 3.28. The highest BCUT2D eigenvalue weighted by Crippen LogP contribution is 2.41. The van der Waals surface area contributed by atoms with E-state index in [2.05, 4.69) is 12.2 Å². The molecule has 0 bridgehead atoms.